The van der Waals surface area contributed by atoms with E-state index in [1.165, 1.54) is 12.3 Å². The second-order valence-electron chi connectivity index (χ2n) is 10.6. The lowest BCUT2D eigenvalue weighted by Gasteiger charge is -2.36. The van der Waals surface area contributed by atoms with Crippen LogP contribution in [-0.2, 0) is 4.79 Å². The molecule has 2 aliphatic carbocycles. The molecule has 3 aliphatic rings. The number of pyridine rings is 1. The number of H-pyrrole nitrogens is 1. The average molecular weight is 560 g/mol. The molecule has 6 rings (SSSR count). The van der Waals surface area contributed by atoms with Crippen molar-refractivity contribution in [3.8, 4) is 17.0 Å². The van der Waals surface area contributed by atoms with Crippen molar-refractivity contribution >= 4 is 28.6 Å². The topological polar surface area (TPSA) is 129 Å². The largest absolute Gasteiger partial charge is 0.480 e. The van der Waals surface area contributed by atoms with Gasteiger partial charge < -0.3 is 20.3 Å². The molecule has 2 aromatic heterocycles. The quantitative estimate of drug-likeness (QED) is 0.408. The average Bonchev–Trinajstić information content (AvgIpc) is 3.51. The Morgan fingerprint density at radius 2 is 1.93 bits per heavy atom. The number of alkyl halides is 3. The van der Waals surface area contributed by atoms with Gasteiger partial charge in [0.1, 0.15) is 11.7 Å². The summed E-state index contributed by atoms with van der Waals surface area (Å²) in [5.74, 6) is -6.10. The van der Waals surface area contributed by atoms with Crippen molar-refractivity contribution < 1.29 is 36.4 Å². The van der Waals surface area contributed by atoms with Crippen molar-refractivity contribution in [3.63, 3.8) is 0 Å². The fourth-order valence-electron chi connectivity index (χ4n) is 5.13. The number of nitrogens with one attached hydrogen (secondary N) is 3. The molecule has 10 nitrogen and oxygen atoms in total. The zero-order chi connectivity index (χ0) is 30.7. The minimum Gasteiger partial charge on any atom is -0.480 e. The van der Waals surface area contributed by atoms with Gasteiger partial charge in [0.05, 0.1) is 29.3 Å². The summed E-state index contributed by atoms with van der Waals surface area (Å²) in [5.41, 5.74) is 1.41. The SMILES string of the molecule is [2H]C([2H])([2H])Oc1ncc(-c2ccc3c(C(=O)NC4CC4)n[nH]c3c2)cc1C(=O)N[C@@H]1CN(C(=O)C2CC(F)(F)C2)C[C@@H]1F. The normalized spacial score (nSPS) is 23.6. The van der Waals surface area contributed by atoms with E-state index in [4.69, 9.17) is 8.85 Å². The second-order valence-corrected chi connectivity index (χ2v) is 10.6. The number of methoxy groups -OCH3 is 1. The summed E-state index contributed by atoms with van der Waals surface area (Å²) < 4.78 is 68.7. The number of ether oxygens (including phenoxy) is 1. The number of carbonyl (C=O) groups excluding carboxylic acids is 3. The zero-order valence-corrected chi connectivity index (χ0v) is 21.0. The molecule has 3 aromatic rings. The standard InChI is InChI=1S/C27H27F3N6O4/c1-40-25-18(23(37)33-21-12-36(11-19(21)28)26(39)15-8-27(29,30)9-15)6-14(10-31-25)13-2-5-17-20(7-13)34-35-22(17)24(38)32-16-3-4-16/h2,5-7,10,15-16,19,21H,3-4,8-9,11-12H2,1H3,(H,32,38)(H,33,37)(H,34,35)/t19-,21+/m0/s1/i1D3. The van der Waals surface area contributed by atoms with Gasteiger partial charge >= 0.3 is 0 Å². The van der Waals surface area contributed by atoms with Crippen LogP contribution in [0.4, 0.5) is 13.2 Å². The Labute approximate surface area is 230 Å². The summed E-state index contributed by atoms with van der Waals surface area (Å²) in [6, 6.07) is 5.36. The number of hydrogen-bond donors (Lipinski definition) is 3. The van der Waals surface area contributed by atoms with E-state index in [-0.39, 0.29) is 36.3 Å². The lowest BCUT2D eigenvalue weighted by Crippen LogP contribution is -2.47. The van der Waals surface area contributed by atoms with E-state index in [1.807, 2.05) is 0 Å². The maximum atomic E-state index is 14.9. The molecule has 0 radical (unpaired) electrons. The highest BCUT2D eigenvalue weighted by Crippen LogP contribution is 2.43. The Morgan fingerprint density at radius 3 is 2.65 bits per heavy atom. The molecule has 3 heterocycles. The van der Waals surface area contributed by atoms with Crippen LogP contribution in [0, 0.1) is 5.92 Å². The molecule has 0 spiro atoms. The van der Waals surface area contributed by atoms with E-state index in [2.05, 4.69) is 25.8 Å². The van der Waals surface area contributed by atoms with E-state index in [9.17, 15) is 27.6 Å². The molecule has 2 saturated carbocycles. The molecule has 3 amide bonds. The lowest BCUT2D eigenvalue weighted by atomic mass is 9.80. The first-order chi connectivity index (χ1) is 20.3. The smallest absolute Gasteiger partial charge is 0.272 e. The number of rotatable bonds is 7. The maximum absolute atomic E-state index is 14.9. The minimum atomic E-state index is -2.94. The van der Waals surface area contributed by atoms with Crippen molar-refractivity contribution in [1.29, 1.82) is 0 Å². The highest BCUT2D eigenvalue weighted by Gasteiger charge is 2.51. The van der Waals surface area contributed by atoms with E-state index in [0.29, 0.717) is 22.0 Å². The summed E-state index contributed by atoms with van der Waals surface area (Å²) in [4.78, 5) is 43.6. The number of hydrogen-bond acceptors (Lipinski definition) is 6. The molecule has 0 unspecified atom stereocenters. The van der Waals surface area contributed by atoms with Crippen LogP contribution < -0.4 is 15.4 Å². The predicted octanol–water partition coefficient (Wildman–Crippen LogP) is 2.85. The van der Waals surface area contributed by atoms with Crippen LogP contribution in [0.1, 0.15) is 50.6 Å². The Bertz CT molecular complexity index is 1600. The third-order valence-corrected chi connectivity index (χ3v) is 7.53. The van der Waals surface area contributed by atoms with Gasteiger partial charge in [0, 0.05) is 48.5 Å². The predicted molar refractivity (Wildman–Crippen MR) is 137 cm³/mol. The molecule has 1 saturated heterocycles. The number of amides is 3. The van der Waals surface area contributed by atoms with Crippen molar-refractivity contribution in [2.75, 3.05) is 20.1 Å². The molecule has 3 N–H and O–H groups in total. The van der Waals surface area contributed by atoms with Gasteiger partial charge in [0.2, 0.25) is 17.7 Å². The molecule has 13 heteroatoms. The number of nitrogens with zero attached hydrogens (tertiary/aromatic N) is 3. The van der Waals surface area contributed by atoms with Crippen LogP contribution in [0.2, 0.25) is 0 Å². The molecule has 2 atom stereocenters. The third-order valence-electron chi connectivity index (χ3n) is 7.53. The first-order valence-electron chi connectivity index (χ1n) is 14.4. The van der Waals surface area contributed by atoms with Crippen LogP contribution >= 0.6 is 0 Å². The van der Waals surface area contributed by atoms with E-state index >= 15 is 0 Å². The Kier molecular flexibility index (Phi) is 5.54. The molecule has 1 aromatic carbocycles. The van der Waals surface area contributed by atoms with E-state index in [0.717, 1.165) is 17.7 Å². The molecular weight excluding hydrogens is 529 g/mol. The fourth-order valence-corrected chi connectivity index (χ4v) is 5.13. The third kappa shape index (κ3) is 4.95. The Morgan fingerprint density at radius 1 is 1.12 bits per heavy atom. The number of likely N-dealkylation sites (tertiary alicyclic amines) is 1. The Balaban J connectivity index is 1.22. The van der Waals surface area contributed by atoms with Gasteiger partial charge in [-0.2, -0.15) is 5.10 Å². The molecule has 210 valence electrons. The number of fused-ring (bicyclic) bond motifs is 1. The molecule has 0 bridgehead atoms. The fraction of sp³-hybridized carbons (Fsp3) is 0.444. The van der Waals surface area contributed by atoms with E-state index in [1.54, 1.807) is 18.2 Å². The van der Waals surface area contributed by atoms with Gasteiger partial charge in [-0.3, -0.25) is 19.5 Å². The second kappa shape index (κ2) is 9.79. The van der Waals surface area contributed by atoms with Crippen LogP contribution in [0.5, 0.6) is 5.88 Å². The summed E-state index contributed by atoms with van der Waals surface area (Å²) in [6.45, 7) is -0.600. The number of aromatic nitrogens is 3. The van der Waals surface area contributed by atoms with Crippen molar-refractivity contribution in [1.82, 2.24) is 30.7 Å². The highest BCUT2D eigenvalue weighted by molar-refractivity contribution is 6.05. The highest BCUT2D eigenvalue weighted by atomic mass is 19.3. The van der Waals surface area contributed by atoms with Gasteiger partial charge in [0.15, 0.2) is 5.69 Å². The molecule has 1 aliphatic heterocycles. The number of benzene rings is 1. The first kappa shape index (κ1) is 22.6. The van der Waals surface area contributed by atoms with Crippen LogP contribution in [0.15, 0.2) is 30.5 Å². The maximum Gasteiger partial charge on any atom is 0.272 e. The van der Waals surface area contributed by atoms with Crippen LogP contribution in [-0.4, -0.2) is 82.1 Å². The van der Waals surface area contributed by atoms with E-state index < -0.39 is 61.6 Å². The van der Waals surface area contributed by atoms with Crippen molar-refractivity contribution in [2.45, 2.75) is 49.9 Å². The first-order valence-corrected chi connectivity index (χ1v) is 12.9. The van der Waals surface area contributed by atoms with Gasteiger partial charge in [-0.15, -0.1) is 0 Å². The summed E-state index contributed by atoms with van der Waals surface area (Å²) >= 11 is 0. The summed E-state index contributed by atoms with van der Waals surface area (Å²) in [5, 5.41) is 12.9. The Hall–Kier alpha value is -4.16. The van der Waals surface area contributed by atoms with Crippen LogP contribution in [0.25, 0.3) is 22.0 Å². The van der Waals surface area contributed by atoms with Crippen molar-refractivity contribution in [2.24, 2.45) is 5.92 Å². The zero-order valence-electron chi connectivity index (χ0n) is 24.0. The molecule has 40 heavy (non-hydrogen) atoms. The van der Waals surface area contributed by atoms with Crippen LogP contribution in [0.3, 0.4) is 0 Å². The summed E-state index contributed by atoms with van der Waals surface area (Å²) in [7, 11) is -2.94. The number of aromatic amines is 1. The van der Waals surface area contributed by atoms with Crippen molar-refractivity contribution in [3.05, 3.63) is 41.7 Å². The van der Waals surface area contributed by atoms with Gasteiger partial charge in [-0.25, -0.2) is 18.2 Å². The monoisotopic (exact) mass is 559 g/mol. The molecule has 3 fully saturated rings. The number of carbonyl (C=O) groups is 3. The van der Waals surface area contributed by atoms with Gasteiger partial charge in [-0.05, 0) is 36.6 Å². The lowest BCUT2D eigenvalue weighted by molar-refractivity contribution is -0.159. The van der Waals surface area contributed by atoms with Gasteiger partial charge in [-0.1, -0.05) is 6.07 Å². The van der Waals surface area contributed by atoms with Gasteiger partial charge in [0.25, 0.3) is 11.8 Å². The number of halogens is 3. The minimum absolute atomic E-state index is 0.154. The molecular formula is C27H27F3N6O4. The summed E-state index contributed by atoms with van der Waals surface area (Å²) in [6.07, 6.45) is 0.291.